The van der Waals surface area contributed by atoms with Gasteiger partial charge in [0.1, 0.15) is 0 Å². The summed E-state index contributed by atoms with van der Waals surface area (Å²) in [6, 6.07) is 12.7. The third kappa shape index (κ3) is 3.81. The molecule has 1 aliphatic rings. The number of benzene rings is 2. The Morgan fingerprint density at radius 3 is 2.07 bits per heavy atom. The van der Waals surface area contributed by atoms with Crippen LogP contribution in [0, 0.1) is 0 Å². The summed E-state index contributed by atoms with van der Waals surface area (Å²) < 4.78 is 52.2. The van der Waals surface area contributed by atoms with E-state index in [1.54, 1.807) is 12.5 Å². The van der Waals surface area contributed by atoms with Crippen LogP contribution in [0.4, 0.5) is 13.2 Å². The molecule has 1 fully saturated rings. The minimum atomic E-state index is -4.34. The van der Waals surface area contributed by atoms with Crippen molar-refractivity contribution in [2.24, 2.45) is 0 Å². The molecule has 0 bridgehead atoms. The van der Waals surface area contributed by atoms with Crippen LogP contribution in [0.15, 0.2) is 67.3 Å². The number of hydrogen-bond acceptors (Lipinski definition) is 3. The van der Waals surface area contributed by atoms with Gasteiger partial charge in [-0.2, -0.15) is 13.2 Å². The van der Waals surface area contributed by atoms with E-state index in [1.165, 1.54) is 12.1 Å². The van der Waals surface area contributed by atoms with E-state index in [-0.39, 0.29) is 0 Å². The van der Waals surface area contributed by atoms with E-state index in [9.17, 15) is 13.2 Å². The van der Waals surface area contributed by atoms with Crippen LogP contribution in [0.1, 0.15) is 17.5 Å². The lowest BCUT2D eigenvalue weighted by Crippen LogP contribution is -2.41. The number of aromatic nitrogens is 2. The van der Waals surface area contributed by atoms with Gasteiger partial charge < -0.3 is 14.0 Å². The van der Waals surface area contributed by atoms with E-state index < -0.39 is 17.5 Å². The molecule has 7 heteroatoms. The molecule has 0 radical (unpaired) electrons. The van der Waals surface area contributed by atoms with Crippen LogP contribution in [-0.2, 0) is 28.0 Å². The molecule has 0 amide bonds. The molecule has 4 nitrogen and oxygen atoms in total. The van der Waals surface area contributed by atoms with E-state index in [4.69, 9.17) is 9.47 Å². The molecule has 0 N–H and O–H groups in total. The van der Waals surface area contributed by atoms with Gasteiger partial charge >= 0.3 is 6.18 Å². The van der Waals surface area contributed by atoms with Crippen LogP contribution < -0.4 is 0 Å². The maximum absolute atomic E-state index is 12.7. The van der Waals surface area contributed by atoms with Gasteiger partial charge in [0.2, 0.25) is 5.79 Å². The Labute approximate surface area is 160 Å². The van der Waals surface area contributed by atoms with Gasteiger partial charge in [-0.3, -0.25) is 0 Å². The van der Waals surface area contributed by atoms with E-state index >= 15 is 0 Å². The lowest BCUT2D eigenvalue weighted by molar-refractivity contribution is -0.283. The molecule has 2 heterocycles. The Bertz CT molecular complexity index is 898. The van der Waals surface area contributed by atoms with Gasteiger partial charge in [-0.05, 0) is 29.7 Å². The standard InChI is InChI=1S/C21H19F3N2O2/c22-21(23,24)19-8-4-17(5-9-19)16-2-6-18(7-3-16)20(27-12-1-13-28-20)14-26-11-10-25-15-26/h2-11,15H,1,12-14H2. The summed E-state index contributed by atoms with van der Waals surface area (Å²) in [5.41, 5.74) is 1.74. The number of nitrogens with zero attached hydrogens (tertiary/aromatic N) is 2. The SMILES string of the molecule is FC(F)(F)c1ccc(-c2ccc(C3(Cn4ccnc4)OCCCO3)cc2)cc1. The molecule has 1 aliphatic heterocycles. The Morgan fingerprint density at radius 1 is 0.929 bits per heavy atom. The fourth-order valence-electron chi connectivity index (χ4n) is 3.31. The van der Waals surface area contributed by atoms with Gasteiger partial charge in [0.25, 0.3) is 0 Å². The molecule has 4 rings (SSSR count). The second-order valence-corrected chi connectivity index (χ2v) is 6.69. The van der Waals surface area contributed by atoms with Crippen LogP contribution in [0.2, 0.25) is 0 Å². The zero-order valence-corrected chi connectivity index (χ0v) is 15.0. The monoisotopic (exact) mass is 388 g/mol. The van der Waals surface area contributed by atoms with Gasteiger partial charge in [0.05, 0.1) is 31.6 Å². The molecule has 0 atom stereocenters. The second-order valence-electron chi connectivity index (χ2n) is 6.69. The van der Waals surface area contributed by atoms with Gasteiger partial charge in [-0.15, -0.1) is 0 Å². The fraction of sp³-hybridized carbons (Fsp3) is 0.286. The van der Waals surface area contributed by atoms with E-state index in [0.29, 0.717) is 25.3 Å². The van der Waals surface area contributed by atoms with Gasteiger partial charge in [-0.1, -0.05) is 36.4 Å². The number of ether oxygens (including phenoxy) is 2. The van der Waals surface area contributed by atoms with E-state index in [0.717, 1.165) is 29.7 Å². The van der Waals surface area contributed by atoms with Crippen LogP contribution in [0.3, 0.4) is 0 Å². The molecular formula is C21H19F3N2O2. The van der Waals surface area contributed by atoms with Crippen molar-refractivity contribution in [2.45, 2.75) is 24.9 Å². The molecular weight excluding hydrogens is 369 g/mol. The second kappa shape index (κ2) is 7.41. The lowest BCUT2D eigenvalue weighted by Gasteiger charge is -2.37. The van der Waals surface area contributed by atoms with Crippen molar-refractivity contribution in [3.8, 4) is 11.1 Å². The first kappa shape index (κ1) is 18.7. The Kier molecular flexibility index (Phi) is 4.95. The highest BCUT2D eigenvalue weighted by Crippen LogP contribution is 2.35. The number of halogens is 3. The Hall–Kier alpha value is -2.64. The van der Waals surface area contributed by atoms with Gasteiger partial charge in [0.15, 0.2) is 0 Å². The van der Waals surface area contributed by atoms with Crippen molar-refractivity contribution >= 4 is 0 Å². The average molecular weight is 388 g/mol. The molecule has 0 unspecified atom stereocenters. The summed E-state index contributed by atoms with van der Waals surface area (Å²) in [6.45, 7) is 1.65. The molecule has 0 saturated carbocycles. The highest BCUT2D eigenvalue weighted by atomic mass is 19.4. The summed E-state index contributed by atoms with van der Waals surface area (Å²) in [4.78, 5) is 4.06. The van der Waals surface area contributed by atoms with Crippen molar-refractivity contribution in [3.63, 3.8) is 0 Å². The highest BCUT2D eigenvalue weighted by molar-refractivity contribution is 5.64. The molecule has 146 valence electrons. The molecule has 0 spiro atoms. The zero-order chi connectivity index (χ0) is 19.6. The first-order chi connectivity index (χ1) is 13.5. The first-order valence-electron chi connectivity index (χ1n) is 8.98. The quantitative estimate of drug-likeness (QED) is 0.641. The van der Waals surface area contributed by atoms with Crippen LogP contribution in [0.5, 0.6) is 0 Å². The molecule has 1 aromatic heterocycles. The summed E-state index contributed by atoms with van der Waals surface area (Å²) in [7, 11) is 0. The molecule has 28 heavy (non-hydrogen) atoms. The fourth-order valence-corrected chi connectivity index (χ4v) is 3.31. The minimum Gasteiger partial charge on any atom is -0.344 e. The molecule has 3 aromatic rings. The average Bonchev–Trinajstić information content (AvgIpc) is 3.21. The molecule has 2 aromatic carbocycles. The van der Waals surface area contributed by atoms with Crippen LogP contribution >= 0.6 is 0 Å². The number of rotatable bonds is 4. The maximum Gasteiger partial charge on any atom is 0.416 e. The molecule has 0 aliphatic carbocycles. The molecule has 1 saturated heterocycles. The highest BCUT2D eigenvalue weighted by Gasteiger charge is 2.37. The third-order valence-electron chi connectivity index (χ3n) is 4.78. The third-order valence-corrected chi connectivity index (χ3v) is 4.78. The predicted molar refractivity (Wildman–Crippen MR) is 97.3 cm³/mol. The summed E-state index contributed by atoms with van der Waals surface area (Å²) in [6.07, 6.45) is 1.75. The number of hydrogen-bond donors (Lipinski definition) is 0. The van der Waals surface area contributed by atoms with E-state index in [1.807, 2.05) is 35.0 Å². The topological polar surface area (TPSA) is 36.3 Å². The lowest BCUT2D eigenvalue weighted by atomic mass is 9.98. The van der Waals surface area contributed by atoms with Gasteiger partial charge in [-0.25, -0.2) is 4.98 Å². The van der Waals surface area contributed by atoms with Crippen molar-refractivity contribution in [3.05, 3.63) is 78.4 Å². The maximum atomic E-state index is 12.7. The van der Waals surface area contributed by atoms with Crippen LogP contribution in [-0.4, -0.2) is 22.8 Å². The normalized spacial score (nSPS) is 16.8. The summed E-state index contributed by atoms with van der Waals surface area (Å²) >= 11 is 0. The van der Waals surface area contributed by atoms with Gasteiger partial charge in [0, 0.05) is 18.0 Å². The minimum absolute atomic E-state index is 0.465. The van der Waals surface area contributed by atoms with E-state index in [2.05, 4.69) is 4.98 Å². The zero-order valence-electron chi connectivity index (χ0n) is 15.0. The Morgan fingerprint density at radius 2 is 1.54 bits per heavy atom. The predicted octanol–water partition coefficient (Wildman–Crippen LogP) is 4.86. The Balaban J connectivity index is 1.60. The number of imidazole rings is 1. The largest absolute Gasteiger partial charge is 0.416 e. The van der Waals surface area contributed by atoms with Crippen molar-refractivity contribution in [1.82, 2.24) is 9.55 Å². The number of alkyl halides is 3. The first-order valence-corrected chi connectivity index (χ1v) is 8.98. The summed E-state index contributed by atoms with van der Waals surface area (Å²) in [5.74, 6) is -0.905. The smallest absolute Gasteiger partial charge is 0.344 e. The van der Waals surface area contributed by atoms with Crippen LogP contribution in [0.25, 0.3) is 11.1 Å². The summed E-state index contributed by atoms with van der Waals surface area (Å²) in [5, 5.41) is 0. The van der Waals surface area contributed by atoms with Crippen molar-refractivity contribution in [1.29, 1.82) is 0 Å². The van der Waals surface area contributed by atoms with Crippen molar-refractivity contribution in [2.75, 3.05) is 13.2 Å². The van der Waals surface area contributed by atoms with Crippen molar-refractivity contribution < 1.29 is 22.6 Å².